The van der Waals surface area contributed by atoms with E-state index >= 15 is 0 Å². The Bertz CT molecular complexity index is 1160. The molecule has 0 bridgehead atoms. The Morgan fingerprint density at radius 2 is 1.29 bits per heavy atom. The Balaban J connectivity index is 1.14. The summed E-state index contributed by atoms with van der Waals surface area (Å²) in [6.07, 6.45) is 33.5. The SMILES string of the molecule is CCCCCCCCCCCCCCCC(=O)O[C@H]1CC[C@]2(C)C3=CC=C4[C@@H]5[C@@H](C)[C@H](C)CC[C@]5(C)CC[C@@]4(C)[C@]3(C)CC[C@@H]2C1(C)C. The molecule has 0 unspecified atom stereocenters. The van der Waals surface area contributed by atoms with Gasteiger partial charge in [0.15, 0.2) is 0 Å². The lowest BCUT2D eigenvalue weighted by molar-refractivity contribution is -0.174. The normalized spacial score (nSPS) is 40.1. The number of carbonyl (C=O) groups is 1. The fourth-order valence-corrected chi connectivity index (χ4v) is 12.9. The van der Waals surface area contributed by atoms with Crippen LogP contribution < -0.4 is 0 Å². The molecule has 0 saturated heterocycles. The zero-order valence-electron chi connectivity index (χ0n) is 33.4. The van der Waals surface area contributed by atoms with Crippen molar-refractivity contribution < 1.29 is 9.53 Å². The second-order valence-corrected chi connectivity index (χ2v) is 19.7. The predicted octanol–water partition coefficient (Wildman–Crippen LogP) is 14.0. The van der Waals surface area contributed by atoms with Crippen LogP contribution in [0.1, 0.15) is 204 Å². The van der Waals surface area contributed by atoms with Gasteiger partial charge in [0.1, 0.15) is 6.10 Å². The molecule has 2 heteroatoms. The van der Waals surface area contributed by atoms with E-state index in [9.17, 15) is 4.79 Å². The minimum absolute atomic E-state index is 0.00974. The summed E-state index contributed by atoms with van der Waals surface area (Å²) in [5.74, 6) is 2.92. The van der Waals surface area contributed by atoms with Gasteiger partial charge >= 0.3 is 5.97 Å². The van der Waals surface area contributed by atoms with Gasteiger partial charge in [-0.15, -0.1) is 0 Å². The van der Waals surface area contributed by atoms with Crippen LogP contribution in [0.5, 0.6) is 0 Å². The monoisotopic (exact) mass is 663 g/mol. The Hall–Kier alpha value is -1.05. The fourth-order valence-electron chi connectivity index (χ4n) is 12.9. The molecule has 5 aliphatic rings. The van der Waals surface area contributed by atoms with E-state index in [2.05, 4.69) is 74.5 Å². The molecular weight excluding hydrogens is 585 g/mol. The van der Waals surface area contributed by atoms with Crippen molar-refractivity contribution >= 4 is 5.97 Å². The van der Waals surface area contributed by atoms with Gasteiger partial charge in [0.25, 0.3) is 0 Å². The lowest BCUT2D eigenvalue weighted by Crippen LogP contribution is -2.61. The number of allylic oxidation sites excluding steroid dienone is 4. The summed E-state index contributed by atoms with van der Waals surface area (Å²) >= 11 is 0. The van der Waals surface area contributed by atoms with Crippen molar-refractivity contribution in [3.63, 3.8) is 0 Å². The highest BCUT2D eigenvalue weighted by atomic mass is 16.5. The molecule has 48 heavy (non-hydrogen) atoms. The summed E-state index contributed by atoms with van der Waals surface area (Å²) < 4.78 is 6.40. The zero-order chi connectivity index (χ0) is 34.8. The number of unbranched alkanes of at least 4 members (excludes halogenated alkanes) is 12. The summed E-state index contributed by atoms with van der Waals surface area (Å²) in [5, 5.41) is 0. The van der Waals surface area contributed by atoms with E-state index in [-0.39, 0.29) is 33.7 Å². The minimum Gasteiger partial charge on any atom is -0.462 e. The van der Waals surface area contributed by atoms with Crippen molar-refractivity contribution in [3.8, 4) is 0 Å². The highest BCUT2D eigenvalue weighted by molar-refractivity contribution is 5.69. The van der Waals surface area contributed by atoms with Crippen molar-refractivity contribution in [1.29, 1.82) is 0 Å². The molecule has 4 saturated carbocycles. The van der Waals surface area contributed by atoms with E-state index in [1.165, 1.54) is 116 Å². The fraction of sp³-hybridized carbons (Fsp3) is 0.891. The Morgan fingerprint density at radius 1 is 0.688 bits per heavy atom. The molecule has 0 aromatic heterocycles. The molecule has 0 aromatic carbocycles. The van der Waals surface area contributed by atoms with Crippen LogP contribution in [-0.4, -0.2) is 12.1 Å². The van der Waals surface area contributed by atoms with Gasteiger partial charge in [-0.05, 0) is 103 Å². The minimum atomic E-state index is -0.00974. The van der Waals surface area contributed by atoms with Gasteiger partial charge < -0.3 is 4.74 Å². The third-order valence-electron chi connectivity index (χ3n) is 16.5. The van der Waals surface area contributed by atoms with Crippen LogP contribution >= 0.6 is 0 Å². The first-order chi connectivity index (χ1) is 22.7. The van der Waals surface area contributed by atoms with E-state index in [0.29, 0.717) is 17.8 Å². The van der Waals surface area contributed by atoms with Crippen molar-refractivity contribution in [2.45, 2.75) is 210 Å². The first kappa shape index (κ1) is 38.2. The second kappa shape index (κ2) is 15.3. The van der Waals surface area contributed by atoms with E-state index < -0.39 is 0 Å². The molecule has 0 heterocycles. The van der Waals surface area contributed by atoms with Crippen LogP contribution in [0.4, 0.5) is 0 Å². The Kier molecular flexibility index (Phi) is 12.2. The standard InChI is InChI=1S/C46H78O2/c1-10-11-12-13-14-15-16-17-18-19-20-21-22-23-40(47)48-39-28-30-44(7)37(42(39,4)5)27-31-46(9)38(44)25-24-36-41-35(3)34(2)26-29-43(41,6)32-33-45(36,46)8/h24-25,34-35,37,39,41H,10-23,26-33H2,1-9H3/t34-,35+,37-,39+,41+,43-,44+,45-,46-/m1/s1. The molecule has 5 rings (SSSR count). The molecule has 0 radical (unpaired) electrons. The highest BCUT2D eigenvalue weighted by Gasteiger charge is 2.66. The van der Waals surface area contributed by atoms with E-state index in [1.807, 2.05) is 0 Å². The highest BCUT2D eigenvalue weighted by Crippen LogP contribution is 2.74. The number of esters is 1. The maximum Gasteiger partial charge on any atom is 0.306 e. The first-order valence-corrected chi connectivity index (χ1v) is 21.4. The van der Waals surface area contributed by atoms with E-state index in [0.717, 1.165) is 37.0 Å². The molecule has 0 spiro atoms. The molecule has 274 valence electrons. The van der Waals surface area contributed by atoms with Gasteiger partial charge in [-0.3, -0.25) is 4.79 Å². The average molecular weight is 663 g/mol. The van der Waals surface area contributed by atoms with Gasteiger partial charge in [-0.25, -0.2) is 0 Å². The van der Waals surface area contributed by atoms with Gasteiger partial charge in [-0.1, -0.05) is 163 Å². The molecule has 0 N–H and O–H groups in total. The summed E-state index contributed by atoms with van der Waals surface area (Å²) in [5.41, 5.74) is 4.65. The van der Waals surface area contributed by atoms with E-state index in [4.69, 9.17) is 4.74 Å². The first-order valence-electron chi connectivity index (χ1n) is 21.4. The van der Waals surface area contributed by atoms with Crippen molar-refractivity contribution in [1.82, 2.24) is 0 Å². The van der Waals surface area contributed by atoms with Gasteiger partial charge in [0.05, 0.1) is 0 Å². The number of carbonyl (C=O) groups excluding carboxylic acids is 1. The lowest BCUT2D eigenvalue weighted by Gasteiger charge is -2.69. The topological polar surface area (TPSA) is 26.3 Å². The summed E-state index contributed by atoms with van der Waals surface area (Å²) in [6, 6.07) is 0. The third-order valence-corrected chi connectivity index (χ3v) is 16.5. The smallest absolute Gasteiger partial charge is 0.306 e. The van der Waals surface area contributed by atoms with Crippen LogP contribution in [0.25, 0.3) is 0 Å². The maximum absolute atomic E-state index is 13.2. The summed E-state index contributed by atoms with van der Waals surface area (Å²) in [4.78, 5) is 13.2. The van der Waals surface area contributed by atoms with Crippen molar-refractivity contribution in [2.24, 2.45) is 50.7 Å². The number of fused-ring (bicyclic) bond motifs is 7. The predicted molar refractivity (Wildman–Crippen MR) is 205 cm³/mol. The zero-order valence-corrected chi connectivity index (χ0v) is 33.4. The molecular formula is C46H78O2. The van der Waals surface area contributed by atoms with Crippen molar-refractivity contribution in [3.05, 3.63) is 23.3 Å². The number of hydrogen-bond donors (Lipinski definition) is 0. The molecule has 4 fully saturated rings. The van der Waals surface area contributed by atoms with Gasteiger partial charge in [0, 0.05) is 11.8 Å². The van der Waals surface area contributed by atoms with Crippen molar-refractivity contribution in [2.75, 3.05) is 0 Å². The number of ether oxygens (including phenoxy) is 1. The number of rotatable bonds is 15. The molecule has 0 aromatic rings. The quantitative estimate of drug-likeness (QED) is 0.129. The third kappa shape index (κ3) is 7.05. The van der Waals surface area contributed by atoms with E-state index in [1.54, 1.807) is 11.1 Å². The second-order valence-electron chi connectivity index (χ2n) is 19.7. The number of hydrogen-bond acceptors (Lipinski definition) is 2. The van der Waals surface area contributed by atoms with Crippen LogP contribution in [0.3, 0.4) is 0 Å². The van der Waals surface area contributed by atoms with Crippen LogP contribution in [0.15, 0.2) is 23.3 Å². The maximum atomic E-state index is 13.2. The average Bonchev–Trinajstić information content (AvgIpc) is 3.03. The summed E-state index contributed by atoms with van der Waals surface area (Å²) in [6.45, 7) is 22.8. The molecule has 0 aliphatic heterocycles. The van der Waals surface area contributed by atoms with Gasteiger partial charge in [0.2, 0.25) is 0 Å². The molecule has 9 atom stereocenters. The van der Waals surface area contributed by atoms with Crippen LogP contribution in [0, 0.1) is 50.7 Å². The lowest BCUT2D eigenvalue weighted by atomic mass is 9.36. The Labute approximate surface area is 298 Å². The largest absolute Gasteiger partial charge is 0.462 e. The summed E-state index contributed by atoms with van der Waals surface area (Å²) in [7, 11) is 0. The molecule has 0 amide bonds. The van der Waals surface area contributed by atoms with Crippen LogP contribution in [0.2, 0.25) is 0 Å². The van der Waals surface area contributed by atoms with Gasteiger partial charge in [-0.2, -0.15) is 0 Å². The molecule has 5 aliphatic carbocycles. The Morgan fingerprint density at radius 3 is 1.92 bits per heavy atom. The molecule has 2 nitrogen and oxygen atoms in total. The van der Waals surface area contributed by atoms with Crippen LogP contribution in [-0.2, 0) is 9.53 Å².